The summed E-state index contributed by atoms with van der Waals surface area (Å²) in [6, 6.07) is -2.98. The summed E-state index contributed by atoms with van der Waals surface area (Å²) in [5.41, 5.74) is 22.7. The van der Waals surface area contributed by atoms with Crippen molar-refractivity contribution in [3.05, 3.63) is 23.7 Å². The summed E-state index contributed by atoms with van der Waals surface area (Å²) in [6.07, 6.45) is 0.433. The van der Waals surface area contributed by atoms with Crippen LogP contribution in [0.4, 0.5) is 9.59 Å². The van der Waals surface area contributed by atoms with E-state index in [0.29, 0.717) is 52.2 Å². The molecule has 10 atom stereocenters. The number of hydrogen-bond donors (Lipinski definition) is 6. The van der Waals surface area contributed by atoms with Gasteiger partial charge in [0.15, 0.2) is 36.0 Å². The number of unbranched alkanes of at least 4 members (excludes halogenated alkanes) is 2. The fourth-order valence-corrected chi connectivity index (χ4v) is 8.73. The molecule has 2 saturated heterocycles. The number of nitrogens with two attached hydrogens (primary N) is 4. The first-order valence-electron chi connectivity index (χ1n) is 27.0. The molecule has 0 saturated carbocycles. The van der Waals surface area contributed by atoms with Gasteiger partial charge in [0.25, 0.3) is 0 Å². The number of guanidine groups is 2. The number of nitrogens with one attached hydrogen (secondary N) is 2. The van der Waals surface area contributed by atoms with Crippen molar-refractivity contribution < 1.29 is 109 Å². The summed E-state index contributed by atoms with van der Waals surface area (Å²) < 4.78 is 81.8. The van der Waals surface area contributed by atoms with Gasteiger partial charge in [-0.05, 0) is 25.0 Å². The SMILES string of the molecule is C#CCOCCOCCOCCOCCC(=O)N(CCCCCC(=O)CO[C@@H]([C@@H]1OC(C(=O)OC)=C[C@H](N=C(N)N)[C@H]1C)[C@H]1COC(=O)O1)CCOCCNC(=O)CO[C@@H]([C@@H]1OC(C(=O)OC)=C[C@H](N=C(N)N)[C@H]1NC(C)=O)[C@H]1COC(=O)O1. The quantitative estimate of drug-likeness (QED) is 0.00911. The molecule has 0 radical (unpaired) electrons. The van der Waals surface area contributed by atoms with Gasteiger partial charge in [-0.25, -0.2) is 29.2 Å². The molecule has 32 nitrogen and oxygen atoms in total. The Morgan fingerprint density at radius 1 is 0.679 bits per heavy atom. The monoisotopic (exact) mass is 1200 g/mol. The number of methoxy groups -OCH3 is 2. The van der Waals surface area contributed by atoms with Crippen molar-refractivity contribution in [2.24, 2.45) is 38.8 Å². The standard InChI is InChI=1S/C52H79N9O23/c1-6-15-72-19-21-75-23-24-76-22-20-73-16-11-41(65)61(13-9-7-8-10-33(63)27-77-44(38-28-79-51(68)83-38)43-31(2)34(59-49(53)54)25-36(81-43)47(66)70-4)14-18-74-17-12-57-40(64)30-78-45(39-29-80-52(69)84-39)46-42(58-32(3)62)35(60-50(55)56)26-37(82-46)48(67)71-5/h1,25-26,31,34-35,38-39,42-46H,7-24,27-30H2,2-5H3,(H,57,64)(H,58,62)(H4,53,54,59)(H4,55,56,60)/t31-,34+,35+,38-,39-,42-,43-,44-,45-,46-/m1/s1. The van der Waals surface area contributed by atoms with Gasteiger partial charge in [-0.3, -0.25) is 19.2 Å². The molecule has 32 heteroatoms. The second-order valence-corrected chi connectivity index (χ2v) is 18.9. The molecule has 4 aliphatic rings. The van der Waals surface area contributed by atoms with Crippen LogP contribution in [0.5, 0.6) is 0 Å². The number of rotatable bonds is 40. The zero-order valence-electron chi connectivity index (χ0n) is 47.6. The number of nitrogens with zero attached hydrogens (tertiary/aromatic N) is 3. The van der Waals surface area contributed by atoms with Crippen LogP contribution in [-0.2, 0) is 99.8 Å². The third-order valence-electron chi connectivity index (χ3n) is 12.7. The maximum atomic E-state index is 13.5. The van der Waals surface area contributed by atoms with E-state index < -0.39 is 116 Å². The van der Waals surface area contributed by atoms with Crippen LogP contribution in [-0.4, -0.2) is 246 Å². The average Bonchev–Trinajstić information content (AvgIpc) is 2.88. The number of terminal acetylenes is 1. The Labute approximate surface area is 485 Å². The third kappa shape index (κ3) is 24.3. The van der Waals surface area contributed by atoms with Gasteiger partial charge in [0, 0.05) is 38.9 Å². The van der Waals surface area contributed by atoms with E-state index >= 15 is 0 Å². The Kier molecular flexibility index (Phi) is 30.9. The molecule has 4 rings (SSSR count). The van der Waals surface area contributed by atoms with Crippen LogP contribution < -0.4 is 33.6 Å². The molecule has 470 valence electrons. The van der Waals surface area contributed by atoms with E-state index in [4.69, 9.17) is 100 Å². The van der Waals surface area contributed by atoms with Crippen molar-refractivity contribution >= 4 is 59.7 Å². The topological polar surface area (TPSA) is 431 Å². The number of ether oxygens (including phenoxy) is 15. The highest BCUT2D eigenvalue weighted by molar-refractivity contribution is 5.87. The van der Waals surface area contributed by atoms with E-state index in [1.54, 1.807) is 11.8 Å². The molecule has 0 aromatic carbocycles. The molecule has 84 heavy (non-hydrogen) atoms. The zero-order valence-corrected chi connectivity index (χ0v) is 47.6. The van der Waals surface area contributed by atoms with Crippen LogP contribution in [0.3, 0.4) is 0 Å². The Balaban J connectivity index is 1.29. The molecule has 4 aliphatic heterocycles. The molecule has 10 N–H and O–H groups in total. The zero-order chi connectivity index (χ0) is 61.4. The number of hydrogen-bond acceptors (Lipinski definition) is 25. The van der Waals surface area contributed by atoms with Crippen molar-refractivity contribution in [2.75, 3.05) is 126 Å². The number of carbonyl (C=O) groups is 8. The van der Waals surface area contributed by atoms with Crippen molar-refractivity contribution in [1.82, 2.24) is 15.5 Å². The highest BCUT2D eigenvalue weighted by Gasteiger charge is 2.50. The van der Waals surface area contributed by atoms with Crippen LogP contribution in [0.15, 0.2) is 33.7 Å². The Hall–Kier alpha value is -7.54. The van der Waals surface area contributed by atoms with Crippen molar-refractivity contribution in [2.45, 2.75) is 101 Å². The third-order valence-corrected chi connectivity index (χ3v) is 12.7. The Morgan fingerprint density at radius 2 is 1.21 bits per heavy atom. The molecule has 0 aliphatic carbocycles. The lowest BCUT2D eigenvalue weighted by molar-refractivity contribution is -0.156. The summed E-state index contributed by atoms with van der Waals surface area (Å²) in [6.45, 7) is 4.15. The van der Waals surface area contributed by atoms with Crippen molar-refractivity contribution in [1.29, 1.82) is 0 Å². The Bertz CT molecular complexity index is 2340. The molecule has 3 amide bonds. The molecule has 0 aromatic heterocycles. The van der Waals surface area contributed by atoms with Gasteiger partial charge >= 0.3 is 24.2 Å². The molecule has 0 aromatic rings. The van der Waals surface area contributed by atoms with Crippen LogP contribution in [0, 0.1) is 18.3 Å². The van der Waals surface area contributed by atoms with E-state index in [2.05, 4.69) is 26.5 Å². The van der Waals surface area contributed by atoms with E-state index in [-0.39, 0.29) is 108 Å². The van der Waals surface area contributed by atoms with Crippen molar-refractivity contribution in [3.8, 4) is 12.3 Å². The average molecular weight is 1200 g/mol. The first kappa shape index (κ1) is 69.0. The van der Waals surface area contributed by atoms with Crippen LogP contribution in [0.1, 0.15) is 46.0 Å². The molecule has 0 unspecified atom stereocenters. The second-order valence-electron chi connectivity index (χ2n) is 18.9. The second kappa shape index (κ2) is 37.6. The van der Waals surface area contributed by atoms with Gasteiger partial charge in [-0.1, -0.05) is 19.3 Å². The van der Waals surface area contributed by atoms with E-state index in [9.17, 15) is 38.4 Å². The van der Waals surface area contributed by atoms with E-state index in [1.807, 2.05) is 0 Å². The number of ketones is 1. The van der Waals surface area contributed by atoms with Gasteiger partial charge in [0.2, 0.25) is 29.2 Å². The number of Topliss-reactive ketones (excluding diaryl/α,β-unsaturated/α-hetero) is 1. The summed E-state index contributed by atoms with van der Waals surface area (Å²) in [4.78, 5) is 112. The normalized spacial score (nSPS) is 22.2. The fourth-order valence-electron chi connectivity index (χ4n) is 8.73. The smallest absolute Gasteiger partial charge is 0.480 e. The van der Waals surface area contributed by atoms with Gasteiger partial charge in [-0.2, -0.15) is 0 Å². The largest absolute Gasteiger partial charge is 0.508 e. The van der Waals surface area contributed by atoms with E-state index in [0.717, 1.165) is 7.11 Å². The maximum Gasteiger partial charge on any atom is 0.508 e. The molecule has 0 spiro atoms. The van der Waals surface area contributed by atoms with Crippen LogP contribution in [0.25, 0.3) is 0 Å². The number of carbonyl (C=O) groups excluding carboxylic acids is 8. The lowest BCUT2D eigenvalue weighted by Gasteiger charge is -2.40. The predicted molar refractivity (Wildman–Crippen MR) is 288 cm³/mol. The molecule has 4 heterocycles. The highest BCUT2D eigenvalue weighted by atomic mass is 16.8. The summed E-state index contributed by atoms with van der Waals surface area (Å²) in [7, 11) is 2.27. The summed E-state index contributed by atoms with van der Waals surface area (Å²) in [5, 5.41) is 5.32. The lowest BCUT2D eigenvalue weighted by atomic mass is 9.87. The van der Waals surface area contributed by atoms with Gasteiger partial charge in [0.1, 0.15) is 51.3 Å². The first-order chi connectivity index (χ1) is 40.3. The summed E-state index contributed by atoms with van der Waals surface area (Å²) >= 11 is 0. The number of esters is 2. The van der Waals surface area contributed by atoms with Crippen LogP contribution >= 0.6 is 0 Å². The predicted octanol–water partition coefficient (Wildman–Crippen LogP) is -2.66. The lowest BCUT2D eigenvalue weighted by Crippen LogP contribution is -2.60. The van der Waals surface area contributed by atoms with Crippen molar-refractivity contribution in [3.63, 3.8) is 0 Å². The fraction of sp³-hybridized carbons (Fsp3) is 0.692. The first-order valence-corrected chi connectivity index (χ1v) is 27.0. The van der Waals surface area contributed by atoms with Gasteiger partial charge in [-0.15, -0.1) is 6.42 Å². The number of amides is 3. The number of aliphatic imine (C=N–C) groups is 2. The maximum absolute atomic E-state index is 13.5. The summed E-state index contributed by atoms with van der Waals surface area (Å²) in [5.74, 6) is -2.80. The number of cyclic esters (lactones) is 4. The minimum absolute atomic E-state index is 0.00361. The van der Waals surface area contributed by atoms with E-state index in [1.165, 1.54) is 26.2 Å². The molecular weight excluding hydrogens is 1120 g/mol. The minimum atomic E-state index is -1.35. The molecule has 0 bridgehead atoms. The van der Waals surface area contributed by atoms with Crippen LogP contribution in [0.2, 0.25) is 0 Å². The highest BCUT2D eigenvalue weighted by Crippen LogP contribution is 2.33. The Morgan fingerprint density at radius 3 is 1.77 bits per heavy atom. The minimum Gasteiger partial charge on any atom is -0.480 e. The van der Waals surface area contributed by atoms with Gasteiger partial charge in [0.05, 0.1) is 98.2 Å². The molecule has 2 fully saturated rings. The van der Waals surface area contributed by atoms with Gasteiger partial charge < -0.3 is 110 Å². The molecular formula is C52H79N9O23.